The van der Waals surface area contributed by atoms with E-state index >= 15 is 0 Å². The van der Waals surface area contributed by atoms with Gasteiger partial charge in [-0.3, -0.25) is 19.3 Å². The molecule has 1 aromatic carbocycles. The lowest BCUT2D eigenvalue weighted by molar-refractivity contribution is -0.123. The summed E-state index contributed by atoms with van der Waals surface area (Å²) in [7, 11) is 0. The van der Waals surface area contributed by atoms with Gasteiger partial charge in [0.25, 0.3) is 0 Å². The minimum atomic E-state index is -0.246. The standard InChI is InChI=1S/C20H16N2O3S2/c1-8-2-4-9(5-3-8)22-18(23)14-10-6-12(15(14)19(22)24)16-11(10)7-13-17(27-16)21-20(25)26-13/h2-5,7,10,12,14-16H,6H2,1H3,(H,21,25)/t10-,12+,14+,15+,16-/m0/s1. The molecule has 136 valence electrons. The maximum absolute atomic E-state index is 13.2. The lowest BCUT2D eigenvalue weighted by Gasteiger charge is -2.32. The van der Waals surface area contributed by atoms with Crippen LogP contribution in [-0.4, -0.2) is 22.0 Å². The fourth-order valence-corrected chi connectivity index (χ4v) is 7.81. The highest BCUT2D eigenvalue weighted by Gasteiger charge is 2.66. The molecule has 5 nitrogen and oxygen atoms in total. The summed E-state index contributed by atoms with van der Waals surface area (Å²) < 4.78 is 0. The number of thioether (sulfide) groups is 1. The molecule has 7 heteroatoms. The third kappa shape index (κ3) is 1.99. The number of anilines is 1. The Bertz CT molecular complexity index is 1100. The quantitative estimate of drug-likeness (QED) is 0.752. The van der Waals surface area contributed by atoms with Crippen LogP contribution >= 0.6 is 23.1 Å². The number of imide groups is 1. The highest BCUT2D eigenvalue weighted by atomic mass is 32.2. The molecule has 5 atom stereocenters. The highest BCUT2D eigenvalue weighted by Crippen LogP contribution is 2.64. The zero-order valence-electron chi connectivity index (χ0n) is 14.5. The molecule has 4 aliphatic rings. The van der Waals surface area contributed by atoms with Crippen LogP contribution in [0.2, 0.25) is 0 Å². The Labute approximate surface area is 163 Å². The predicted molar refractivity (Wildman–Crippen MR) is 105 cm³/mol. The molecule has 1 aromatic heterocycles. The molecule has 0 unspecified atom stereocenters. The lowest BCUT2D eigenvalue weighted by atomic mass is 9.77. The van der Waals surface area contributed by atoms with Crippen LogP contribution in [0.15, 0.2) is 39.7 Å². The Morgan fingerprint density at radius 1 is 1.07 bits per heavy atom. The van der Waals surface area contributed by atoms with Gasteiger partial charge in [-0.15, -0.1) is 0 Å². The summed E-state index contributed by atoms with van der Waals surface area (Å²) in [6.07, 6.45) is 3.00. The zero-order valence-corrected chi connectivity index (χ0v) is 16.1. The molecular weight excluding hydrogens is 380 g/mol. The molecular formula is C20H16N2O3S2. The van der Waals surface area contributed by atoms with Gasteiger partial charge in [0.2, 0.25) is 11.8 Å². The average molecular weight is 396 g/mol. The van der Waals surface area contributed by atoms with E-state index < -0.39 is 0 Å². The Hall–Kier alpha value is -2.12. The van der Waals surface area contributed by atoms with E-state index in [1.54, 1.807) is 11.8 Å². The van der Waals surface area contributed by atoms with Crippen LogP contribution in [0.5, 0.6) is 0 Å². The minimum absolute atomic E-state index is 0.0467. The molecule has 3 heterocycles. The van der Waals surface area contributed by atoms with E-state index in [4.69, 9.17) is 0 Å². The summed E-state index contributed by atoms with van der Waals surface area (Å²) in [4.78, 5) is 43.4. The molecule has 2 aliphatic heterocycles. The van der Waals surface area contributed by atoms with Gasteiger partial charge in [-0.2, -0.15) is 0 Å². The minimum Gasteiger partial charge on any atom is -0.307 e. The van der Waals surface area contributed by atoms with Gasteiger partial charge in [0.05, 0.1) is 27.4 Å². The number of hydrogen-bond acceptors (Lipinski definition) is 5. The maximum Gasteiger partial charge on any atom is 0.305 e. The van der Waals surface area contributed by atoms with Crippen molar-refractivity contribution >= 4 is 46.7 Å². The molecule has 2 aliphatic carbocycles. The van der Waals surface area contributed by atoms with Crippen LogP contribution in [0.25, 0.3) is 6.08 Å². The summed E-state index contributed by atoms with van der Waals surface area (Å²) in [6.45, 7) is 1.99. The number of aromatic amines is 1. The molecule has 2 saturated carbocycles. The Morgan fingerprint density at radius 2 is 1.81 bits per heavy atom. The van der Waals surface area contributed by atoms with Crippen molar-refractivity contribution in [1.29, 1.82) is 0 Å². The molecule has 0 radical (unpaired) electrons. The number of nitrogens with one attached hydrogen (secondary N) is 1. The average Bonchev–Trinajstić information content (AvgIpc) is 3.35. The number of aromatic nitrogens is 1. The second-order valence-corrected chi connectivity index (χ2v) is 9.96. The Kier molecular flexibility index (Phi) is 3.08. The third-order valence-corrected chi connectivity index (χ3v) is 8.83. The number of carbonyl (C=O) groups excluding carboxylic acids is 2. The van der Waals surface area contributed by atoms with Crippen LogP contribution in [-0.2, 0) is 9.59 Å². The van der Waals surface area contributed by atoms with E-state index in [1.165, 1.54) is 21.8 Å². The monoisotopic (exact) mass is 396 g/mol. The van der Waals surface area contributed by atoms with Gasteiger partial charge < -0.3 is 4.98 Å². The zero-order chi connectivity index (χ0) is 18.4. The molecule has 3 fully saturated rings. The van der Waals surface area contributed by atoms with Gasteiger partial charge >= 0.3 is 4.87 Å². The van der Waals surface area contributed by atoms with Crippen LogP contribution in [0.3, 0.4) is 0 Å². The lowest BCUT2D eigenvalue weighted by Crippen LogP contribution is -2.34. The van der Waals surface area contributed by atoms with E-state index in [-0.39, 0.29) is 45.6 Å². The number of benzene rings is 1. The van der Waals surface area contributed by atoms with E-state index in [0.29, 0.717) is 5.69 Å². The van der Waals surface area contributed by atoms with Crippen molar-refractivity contribution in [3.63, 3.8) is 0 Å². The van der Waals surface area contributed by atoms with E-state index in [0.717, 1.165) is 21.9 Å². The number of carbonyl (C=O) groups is 2. The smallest absolute Gasteiger partial charge is 0.305 e. The van der Waals surface area contributed by atoms with Crippen LogP contribution in [0.4, 0.5) is 5.69 Å². The first-order chi connectivity index (χ1) is 13.0. The summed E-state index contributed by atoms with van der Waals surface area (Å²) in [5, 5.41) is 1.11. The van der Waals surface area contributed by atoms with Crippen LogP contribution in [0, 0.1) is 30.6 Å². The fourth-order valence-electron chi connectivity index (χ4n) is 5.37. The third-order valence-electron chi connectivity index (χ3n) is 6.44. The van der Waals surface area contributed by atoms with E-state index in [2.05, 4.69) is 11.1 Å². The van der Waals surface area contributed by atoms with Crippen LogP contribution in [0.1, 0.15) is 16.9 Å². The second kappa shape index (κ2) is 5.23. The fraction of sp³-hybridized carbons (Fsp3) is 0.350. The summed E-state index contributed by atoms with van der Waals surface area (Å²) in [5.41, 5.74) is 3.03. The second-order valence-electron chi connectivity index (χ2n) is 7.80. The highest BCUT2D eigenvalue weighted by molar-refractivity contribution is 8.00. The summed E-state index contributed by atoms with van der Waals surface area (Å²) >= 11 is 2.89. The molecule has 2 bridgehead atoms. The molecule has 6 rings (SSSR count). The Morgan fingerprint density at radius 3 is 2.59 bits per heavy atom. The van der Waals surface area contributed by atoms with Gasteiger partial charge in [0.15, 0.2) is 0 Å². The van der Waals surface area contributed by atoms with Crippen molar-refractivity contribution in [2.45, 2.75) is 23.6 Å². The first kappa shape index (κ1) is 15.9. The van der Waals surface area contributed by atoms with Crippen molar-refractivity contribution in [3.05, 3.63) is 49.9 Å². The molecule has 2 aromatic rings. The topological polar surface area (TPSA) is 70.2 Å². The first-order valence-electron chi connectivity index (χ1n) is 9.08. The van der Waals surface area contributed by atoms with E-state index in [9.17, 15) is 14.4 Å². The van der Waals surface area contributed by atoms with Gasteiger partial charge in [-0.1, -0.05) is 46.4 Å². The number of nitrogens with zero attached hydrogens (tertiary/aromatic N) is 1. The van der Waals surface area contributed by atoms with Crippen molar-refractivity contribution in [2.24, 2.45) is 23.7 Å². The van der Waals surface area contributed by atoms with Gasteiger partial charge in [0.1, 0.15) is 0 Å². The Balaban J connectivity index is 1.41. The van der Waals surface area contributed by atoms with Crippen LogP contribution < -0.4 is 9.77 Å². The number of thiazole rings is 1. The maximum atomic E-state index is 13.2. The van der Waals surface area contributed by atoms with Crippen molar-refractivity contribution < 1.29 is 9.59 Å². The largest absolute Gasteiger partial charge is 0.307 e. The SMILES string of the molecule is Cc1ccc(N2C(=O)[C@@H]3[C@H]4C[C@@H](C5=Cc6sc(=O)[nH]c6S[C@@H]54)[C@H]3C2=O)cc1. The van der Waals surface area contributed by atoms with Crippen molar-refractivity contribution in [2.75, 3.05) is 4.90 Å². The van der Waals surface area contributed by atoms with Gasteiger partial charge in [-0.05, 0) is 43.4 Å². The van der Waals surface area contributed by atoms with Crippen molar-refractivity contribution in [3.8, 4) is 0 Å². The number of aryl methyl sites for hydroxylation is 1. The van der Waals surface area contributed by atoms with Gasteiger partial charge in [-0.25, -0.2) is 0 Å². The predicted octanol–water partition coefficient (Wildman–Crippen LogP) is 3.06. The number of amides is 2. The summed E-state index contributed by atoms with van der Waals surface area (Å²) in [6, 6.07) is 7.59. The molecule has 0 spiro atoms. The van der Waals surface area contributed by atoms with Gasteiger partial charge in [0, 0.05) is 5.25 Å². The molecule has 2 amide bonds. The van der Waals surface area contributed by atoms with Crippen molar-refractivity contribution in [1.82, 2.24) is 4.98 Å². The number of hydrogen-bond donors (Lipinski definition) is 1. The number of rotatable bonds is 1. The number of fused-ring (bicyclic) bond motifs is 9. The molecule has 27 heavy (non-hydrogen) atoms. The molecule has 1 saturated heterocycles. The normalized spacial score (nSPS) is 33.1. The first-order valence-corrected chi connectivity index (χ1v) is 10.8. The molecule has 1 N–H and O–H groups in total. The number of H-pyrrole nitrogens is 1. The van der Waals surface area contributed by atoms with E-state index in [1.807, 2.05) is 31.2 Å². The summed E-state index contributed by atoms with van der Waals surface area (Å²) in [5.74, 6) is -0.298.